The molecule has 0 aliphatic heterocycles. The molecule has 6 nitrogen and oxygen atoms in total. The van der Waals surface area contributed by atoms with E-state index in [1.165, 1.54) is 9.58 Å². The summed E-state index contributed by atoms with van der Waals surface area (Å²) >= 11 is 0. The first-order valence-electron chi connectivity index (χ1n) is 5.84. The molecule has 100 valence electrons. The number of aryl methyl sites for hydroxylation is 1. The van der Waals surface area contributed by atoms with Gasteiger partial charge in [0.15, 0.2) is 0 Å². The lowest BCUT2D eigenvalue weighted by molar-refractivity contribution is -0.137. The Kier molecular flexibility index (Phi) is 4.47. The number of carboxylic acid groups (broad SMARTS) is 1. The normalized spacial score (nSPS) is 10.7. The van der Waals surface area contributed by atoms with Gasteiger partial charge in [-0.2, -0.15) is 5.10 Å². The van der Waals surface area contributed by atoms with Gasteiger partial charge in [0.25, 0.3) is 5.91 Å². The zero-order valence-corrected chi connectivity index (χ0v) is 11.2. The third-order valence-corrected chi connectivity index (χ3v) is 2.72. The van der Waals surface area contributed by atoms with Crippen LogP contribution < -0.4 is 0 Å². The molecule has 0 spiro atoms. The number of aliphatic carboxylic acids is 1. The Balaban J connectivity index is 2.80. The minimum absolute atomic E-state index is 0.0584. The molecule has 0 fully saturated rings. The van der Waals surface area contributed by atoms with Crippen LogP contribution in [-0.4, -0.2) is 45.3 Å². The second-order valence-corrected chi connectivity index (χ2v) is 4.60. The van der Waals surface area contributed by atoms with Crippen molar-refractivity contribution in [3.63, 3.8) is 0 Å². The third-order valence-electron chi connectivity index (χ3n) is 2.72. The summed E-state index contributed by atoms with van der Waals surface area (Å²) in [6.07, 6.45) is -0.0584. The van der Waals surface area contributed by atoms with E-state index in [1.807, 2.05) is 13.8 Å². The molecule has 0 atom stereocenters. The highest BCUT2D eigenvalue weighted by Crippen LogP contribution is 2.14. The predicted octanol–water partition coefficient (Wildman–Crippen LogP) is 1.09. The van der Waals surface area contributed by atoms with E-state index in [1.54, 1.807) is 20.2 Å². The maximum Gasteiger partial charge on any atom is 0.305 e. The van der Waals surface area contributed by atoms with Crippen molar-refractivity contribution in [2.75, 3.05) is 13.6 Å². The molecule has 0 radical (unpaired) electrons. The van der Waals surface area contributed by atoms with Gasteiger partial charge >= 0.3 is 5.97 Å². The van der Waals surface area contributed by atoms with Crippen LogP contribution in [-0.2, 0) is 11.8 Å². The minimum atomic E-state index is -0.914. The summed E-state index contributed by atoms with van der Waals surface area (Å²) in [5.74, 6) is -0.872. The van der Waals surface area contributed by atoms with Crippen molar-refractivity contribution in [3.05, 3.63) is 17.5 Å². The van der Waals surface area contributed by atoms with Crippen molar-refractivity contribution in [1.29, 1.82) is 0 Å². The van der Waals surface area contributed by atoms with Gasteiger partial charge in [0.2, 0.25) is 0 Å². The molecule has 0 aliphatic rings. The van der Waals surface area contributed by atoms with Crippen LogP contribution in [0.3, 0.4) is 0 Å². The van der Waals surface area contributed by atoms with Crippen molar-refractivity contribution in [2.45, 2.75) is 26.2 Å². The zero-order chi connectivity index (χ0) is 13.9. The number of carboxylic acids is 1. The standard InChI is InChI=1S/C12H19N3O3/c1-8(2)9-7-10(15(4)13-9)12(18)14(3)6-5-11(16)17/h7-8H,5-6H2,1-4H3,(H,16,17). The maximum atomic E-state index is 12.1. The topological polar surface area (TPSA) is 75.4 Å². The molecule has 1 rings (SSSR count). The van der Waals surface area contributed by atoms with Gasteiger partial charge in [0, 0.05) is 20.6 Å². The number of carbonyl (C=O) groups is 2. The fourth-order valence-corrected chi connectivity index (χ4v) is 1.53. The Hall–Kier alpha value is -1.85. The number of hydrogen-bond acceptors (Lipinski definition) is 3. The van der Waals surface area contributed by atoms with Crippen molar-refractivity contribution in [3.8, 4) is 0 Å². The Bertz CT molecular complexity index is 451. The van der Waals surface area contributed by atoms with Gasteiger partial charge in [-0.1, -0.05) is 13.8 Å². The van der Waals surface area contributed by atoms with Gasteiger partial charge in [0.1, 0.15) is 5.69 Å². The minimum Gasteiger partial charge on any atom is -0.481 e. The second kappa shape index (κ2) is 5.66. The molecule has 0 saturated carbocycles. The van der Waals surface area contributed by atoms with Crippen LogP contribution in [0, 0.1) is 0 Å². The van der Waals surface area contributed by atoms with E-state index in [-0.39, 0.29) is 24.8 Å². The lowest BCUT2D eigenvalue weighted by atomic mass is 10.1. The van der Waals surface area contributed by atoms with E-state index in [0.29, 0.717) is 5.69 Å². The van der Waals surface area contributed by atoms with E-state index in [2.05, 4.69) is 5.10 Å². The molecule has 0 bridgehead atoms. The van der Waals surface area contributed by atoms with Crippen LogP contribution in [0.4, 0.5) is 0 Å². The van der Waals surface area contributed by atoms with Crippen LogP contribution in [0.15, 0.2) is 6.07 Å². The first-order chi connectivity index (χ1) is 8.32. The third kappa shape index (κ3) is 3.32. The molecule has 1 aromatic heterocycles. The lowest BCUT2D eigenvalue weighted by Crippen LogP contribution is -2.30. The molecule has 18 heavy (non-hydrogen) atoms. The van der Waals surface area contributed by atoms with Gasteiger partial charge in [-0.15, -0.1) is 0 Å². The highest BCUT2D eigenvalue weighted by atomic mass is 16.4. The summed E-state index contributed by atoms with van der Waals surface area (Å²) in [6.45, 7) is 4.20. The Morgan fingerprint density at radius 3 is 2.56 bits per heavy atom. The molecule has 1 heterocycles. The molecule has 1 N–H and O–H groups in total. The monoisotopic (exact) mass is 253 g/mol. The van der Waals surface area contributed by atoms with E-state index in [0.717, 1.165) is 5.69 Å². The lowest BCUT2D eigenvalue weighted by Gasteiger charge is -2.15. The van der Waals surface area contributed by atoms with Crippen LogP contribution in [0.5, 0.6) is 0 Å². The second-order valence-electron chi connectivity index (χ2n) is 4.60. The number of hydrogen-bond donors (Lipinski definition) is 1. The molecular formula is C12H19N3O3. The molecule has 0 saturated heterocycles. The van der Waals surface area contributed by atoms with E-state index in [4.69, 9.17) is 5.11 Å². The van der Waals surface area contributed by atoms with E-state index < -0.39 is 5.97 Å². The molecule has 0 unspecified atom stereocenters. The van der Waals surface area contributed by atoms with E-state index in [9.17, 15) is 9.59 Å². The van der Waals surface area contributed by atoms with Crippen molar-refractivity contribution in [2.24, 2.45) is 7.05 Å². The van der Waals surface area contributed by atoms with Gasteiger partial charge in [-0.25, -0.2) is 0 Å². The van der Waals surface area contributed by atoms with Crippen LogP contribution in [0.2, 0.25) is 0 Å². The average molecular weight is 253 g/mol. The number of nitrogens with zero attached hydrogens (tertiary/aromatic N) is 3. The molecule has 0 aromatic carbocycles. The van der Waals surface area contributed by atoms with Gasteiger partial charge in [-0.3, -0.25) is 14.3 Å². The first-order valence-corrected chi connectivity index (χ1v) is 5.84. The van der Waals surface area contributed by atoms with Crippen LogP contribution in [0.1, 0.15) is 42.4 Å². The summed E-state index contributed by atoms with van der Waals surface area (Å²) in [6, 6.07) is 1.75. The van der Waals surface area contributed by atoms with Crippen molar-refractivity contribution < 1.29 is 14.7 Å². The van der Waals surface area contributed by atoms with Gasteiger partial charge in [-0.05, 0) is 12.0 Å². The fraction of sp³-hybridized carbons (Fsp3) is 0.583. The van der Waals surface area contributed by atoms with Crippen LogP contribution in [0.25, 0.3) is 0 Å². The van der Waals surface area contributed by atoms with Gasteiger partial charge in [0.05, 0.1) is 12.1 Å². The Labute approximate surface area is 106 Å². The Morgan fingerprint density at radius 1 is 1.50 bits per heavy atom. The summed E-state index contributed by atoms with van der Waals surface area (Å²) in [5, 5.41) is 12.9. The summed E-state index contributed by atoms with van der Waals surface area (Å²) in [7, 11) is 3.30. The number of rotatable bonds is 5. The zero-order valence-electron chi connectivity index (χ0n) is 11.2. The number of carbonyl (C=O) groups excluding carboxylic acids is 1. The molecule has 0 aliphatic carbocycles. The summed E-state index contributed by atoms with van der Waals surface area (Å²) in [4.78, 5) is 24.0. The largest absolute Gasteiger partial charge is 0.481 e. The maximum absolute atomic E-state index is 12.1. The molecule has 6 heteroatoms. The number of aromatic nitrogens is 2. The fourth-order valence-electron chi connectivity index (χ4n) is 1.53. The SMILES string of the molecule is CC(C)c1cc(C(=O)N(C)CCC(=O)O)n(C)n1. The van der Waals surface area contributed by atoms with E-state index >= 15 is 0 Å². The summed E-state index contributed by atoms with van der Waals surface area (Å²) < 4.78 is 1.54. The molecule has 1 aromatic rings. The van der Waals surface area contributed by atoms with Crippen LogP contribution >= 0.6 is 0 Å². The van der Waals surface area contributed by atoms with Gasteiger partial charge < -0.3 is 10.0 Å². The average Bonchev–Trinajstić information content (AvgIpc) is 2.67. The number of amides is 1. The first kappa shape index (κ1) is 14.2. The highest BCUT2D eigenvalue weighted by Gasteiger charge is 2.18. The molecular weight excluding hydrogens is 234 g/mol. The Morgan fingerprint density at radius 2 is 2.11 bits per heavy atom. The predicted molar refractivity (Wildman–Crippen MR) is 66.5 cm³/mol. The smallest absolute Gasteiger partial charge is 0.305 e. The molecule has 1 amide bonds. The quantitative estimate of drug-likeness (QED) is 0.852. The summed E-state index contributed by atoms with van der Waals surface area (Å²) in [5.41, 5.74) is 1.33. The van der Waals surface area contributed by atoms with Crippen molar-refractivity contribution in [1.82, 2.24) is 14.7 Å². The van der Waals surface area contributed by atoms with Crippen molar-refractivity contribution >= 4 is 11.9 Å². The highest BCUT2D eigenvalue weighted by molar-refractivity contribution is 5.92.